The van der Waals surface area contributed by atoms with Gasteiger partial charge in [-0.15, -0.1) is 0 Å². The van der Waals surface area contributed by atoms with E-state index in [1.54, 1.807) is 44.3 Å². The molecular weight excluding hydrogens is 446 g/mol. The van der Waals surface area contributed by atoms with Crippen molar-refractivity contribution in [3.8, 4) is 11.3 Å². The highest BCUT2D eigenvalue weighted by molar-refractivity contribution is 7.53. The van der Waals surface area contributed by atoms with Gasteiger partial charge in [0.2, 0.25) is 5.91 Å². The number of aromatic nitrogens is 1. The molecule has 2 aromatic carbocycles. The number of benzene rings is 2. The predicted octanol–water partition coefficient (Wildman–Crippen LogP) is 6.13. The first-order valence-corrected chi connectivity index (χ1v) is 12.5. The third kappa shape index (κ3) is 6.84. The number of nitrogens with zero attached hydrogens (tertiary/aromatic N) is 1. The number of amides is 1. The fourth-order valence-corrected chi connectivity index (χ4v) is 5.14. The standard InChI is InChI=1S/C24H28FN2O5P/c1-4-30-33(29,31-5-2)16-18-6-12-22(17(3)14-18)27-23(28)13-9-20-15-26-32-24(20)19-7-10-21(25)11-8-19/h6-8,10-12,14-15H,4-5,9,13,16H2,1-3H3,(H,27,28). The summed E-state index contributed by atoms with van der Waals surface area (Å²) in [5, 5.41) is 6.73. The lowest BCUT2D eigenvalue weighted by Crippen LogP contribution is -2.13. The number of carbonyl (C=O) groups is 1. The highest BCUT2D eigenvalue weighted by Gasteiger charge is 2.24. The Hall–Kier alpha value is -2.80. The van der Waals surface area contributed by atoms with Crippen LogP contribution in [0.5, 0.6) is 0 Å². The zero-order valence-corrected chi connectivity index (χ0v) is 19.9. The highest BCUT2D eigenvalue weighted by Crippen LogP contribution is 2.51. The van der Waals surface area contributed by atoms with Gasteiger partial charge in [-0.05, 0) is 68.7 Å². The molecule has 3 rings (SSSR count). The molecule has 1 heterocycles. The van der Waals surface area contributed by atoms with Crippen molar-refractivity contribution in [1.29, 1.82) is 0 Å². The van der Waals surface area contributed by atoms with Crippen LogP contribution in [-0.2, 0) is 31.0 Å². The van der Waals surface area contributed by atoms with Crippen LogP contribution in [0.3, 0.4) is 0 Å². The summed E-state index contributed by atoms with van der Waals surface area (Å²) in [7, 11) is -3.20. The summed E-state index contributed by atoms with van der Waals surface area (Å²) < 4.78 is 41.9. The van der Waals surface area contributed by atoms with E-state index in [9.17, 15) is 13.8 Å². The summed E-state index contributed by atoms with van der Waals surface area (Å²) in [6, 6.07) is 11.4. The van der Waals surface area contributed by atoms with E-state index >= 15 is 0 Å². The van der Waals surface area contributed by atoms with Crippen molar-refractivity contribution < 1.29 is 27.3 Å². The summed E-state index contributed by atoms with van der Waals surface area (Å²) in [5.74, 6) is 0.0296. The summed E-state index contributed by atoms with van der Waals surface area (Å²) >= 11 is 0. The minimum absolute atomic E-state index is 0.161. The van der Waals surface area contributed by atoms with Crippen LogP contribution in [0.2, 0.25) is 0 Å². The fraction of sp³-hybridized carbons (Fsp3) is 0.333. The van der Waals surface area contributed by atoms with Gasteiger partial charge in [0.25, 0.3) is 0 Å². The molecule has 0 aliphatic heterocycles. The van der Waals surface area contributed by atoms with Gasteiger partial charge >= 0.3 is 7.60 Å². The van der Waals surface area contributed by atoms with Gasteiger partial charge in [-0.1, -0.05) is 17.3 Å². The molecule has 0 aliphatic rings. The van der Waals surface area contributed by atoms with Crippen molar-refractivity contribution in [3.05, 3.63) is 71.2 Å². The second kappa shape index (κ2) is 11.4. The van der Waals surface area contributed by atoms with Crippen molar-refractivity contribution >= 4 is 19.2 Å². The third-order valence-corrected chi connectivity index (χ3v) is 7.02. The quantitative estimate of drug-likeness (QED) is 0.337. The number of aryl methyl sites for hydroxylation is 2. The van der Waals surface area contributed by atoms with E-state index in [1.807, 2.05) is 13.0 Å². The maximum absolute atomic E-state index is 13.2. The first-order chi connectivity index (χ1) is 15.8. The van der Waals surface area contributed by atoms with E-state index in [2.05, 4.69) is 10.5 Å². The van der Waals surface area contributed by atoms with Gasteiger partial charge in [0, 0.05) is 23.2 Å². The van der Waals surface area contributed by atoms with Gasteiger partial charge < -0.3 is 18.9 Å². The van der Waals surface area contributed by atoms with E-state index < -0.39 is 7.60 Å². The number of hydrogen-bond donors (Lipinski definition) is 1. The van der Waals surface area contributed by atoms with Crippen LogP contribution in [0, 0.1) is 12.7 Å². The van der Waals surface area contributed by atoms with Crippen LogP contribution < -0.4 is 5.32 Å². The normalized spacial score (nSPS) is 11.5. The van der Waals surface area contributed by atoms with Crippen molar-refractivity contribution in [1.82, 2.24) is 5.16 Å². The molecule has 0 bridgehead atoms. The van der Waals surface area contributed by atoms with E-state index in [1.165, 1.54) is 12.1 Å². The maximum atomic E-state index is 13.2. The number of nitrogens with one attached hydrogen (secondary N) is 1. The Morgan fingerprint density at radius 3 is 2.45 bits per heavy atom. The molecule has 1 amide bonds. The molecule has 33 heavy (non-hydrogen) atoms. The molecule has 1 N–H and O–H groups in total. The molecule has 0 radical (unpaired) electrons. The van der Waals surface area contributed by atoms with Gasteiger partial charge in [-0.25, -0.2) is 4.39 Å². The third-order valence-electron chi connectivity index (χ3n) is 4.96. The Morgan fingerprint density at radius 2 is 1.82 bits per heavy atom. The molecule has 176 valence electrons. The topological polar surface area (TPSA) is 90.7 Å². The molecule has 0 aliphatic carbocycles. The Balaban J connectivity index is 1.61. The molecule has 1 aromatic heterocycles. The Morgan fingerprint density at radius 1 is 1.12 bits per heavy atom. The minimum atomic E-state index is -3.20. The number of halogens is 1. The van der Waals surface area contributed by atoms with Gasteiger partial charge in [0.05, 0.1) is 25.6 Å². The maximum Gasteiger partial charge on any atom is 0.335 e. The Kier molecular flexibility index (Phi) is 8.55. The lowest BCUT2D eigenvalue weighted by Gasteiger charge is -2.18. The van der Waals surface area contributed by atoms with E-state index in [-0.39, 0.29) is 24.3 Å². The van der Waals surface area contributed by atoms with Gasteiger partial charge in [0.1, 0.15) is 5.82 Å². The molecule has 0 spiro atoms. The summed E-state index contributed by atoms with van der Waals surface area (Å²) in [6.45, 7) is 6.03. The zero-order chi connectivity index (χ0) is 23.8. The Labute approximate surface area is 192 Å². The monoisotopic (exact) mass is 474 g/mol. The number of hydrogen-bond acceptors (Lipinski definition) is 6. The predicted molar refractivity (Wildman–Crippen MR) is 125 cm³/mol. The first-order valence-electron chi connectivity index (χ1n) is 10.8. The van der Waals surface area contributed by atoms with Crippen LogP contribution >= 0.6 is 7.60 Å². The average molecular weight is 474 g/mol. The molecule has 0 atom stereocenters. The van der Waals surface area contributed by atoms with Crippen LogP contribution in [-0.4, -0.2) is 24.3 Å². The lowest BCUT2D eigenvalue weighted by atomic mass is 10.0. The molecule has 0 unspecified atom stereocenters. The smallest absolute Gasteiger partial charge is 0.335 e. The summed E-state index contributed by atoms with van der Waals surface area (Å²) in [6.07, 6.45) is 2.38. The van der Waals surface area contributed by atoms with Gasteiger partial charge in [0.15, 0.2) is 5.76 Å². The van der Waals surface area contributed by atoms with Crippen molar-refractivity contribution in [2.45, 2.75) is 39.8 Å². The van der Waals surface area contributed by atoms with Crippen LogP contribution in [0.4, 0.5) is 10.1 Å². The van der Waals surface area contributed by atoms with Gasteiger partial charge in [-0.2, -0.15) is 0 Å². The molecule has 9 heteroatoms. The minimum Gasteiger partial charge on any atom is -0.356 e. The second-order valence-corrected chi connectivity index (χ2v) is 9.54. The number of anilines is 1. The largest absolute Gasteiger partial charge is 0.356 e. The zero-order valence-electron chi connectivity index (χ0n) is 19.0. The first kappa shape index (κ1) is 24.8. The van der Waals surface area contributed by atoms with Crippen molar-refractivity contribution in [2.75, 3.05) is 18.5 Å². The van der Waals surface area contributed by atoms with E-state index in [0.29, 0.717) is 36.6 Å². The van der Waals surface area contributed by atoms with Crippen LogP contribution in [0.15, 0.2) is 53.2 Å². The van der Waals surface area contributed by atoms with Crippen LogP contribution in [0.1, 0.15) is 37.0 Å². The van der Waals surface area contributed by atoms with Gasteiger partial charge in [-0.3, -0.25) is 9.36 Å². The lowest BCUT2D eigenvalue weighted by molar-refractivity contribution is -0.116. The second-order valence-electron chi connectivity index (χ2n) is 7.49. The molecule has 0 fully saturated rings. The Bertz CT molecular complexity index is 1120. The highest BCUT2D eigenvalue weighted by atomic mass is 31.2. The molecule has 0 saturated carbocycles. The number of carbonyl (C=O) groups excluding carboxylic acids is 1. The number of rotatable bonds is 11. The van der Waals surface area contributed by atoms with Crippen molar-refractivity contribution in [3.63, 3.8) is 0 Å². The van der Waals surface area contributed by atoms with Crippen molar-refractivity contribution in [2.24, 2.45) is 0 Å². The SMILES string of the molecule is CCOP(=O)(Cc1ccc(NC(=O)CCc2cnoc2-c2ccc(F)cc2)c(C)c1)OCC. The molecule has 3 aromatic rings. The molecule has 7 nitrogen and oxygen atoms in total. The van der Waals surface area contributed by atoms with E-state index in [0.717, 1.165) is 16.7 Å². The summed E-state index contributed by atoms with van der Waals surface area (Å²) in [4.78, 5) is 12.5. The molecular formula is C24H28FN2O5P. The average Bonchev–Trinajstić information content (AvgIpc) is 3.23. The van der Waals surface area contributed by atoms with E-state index in [4.69, 9.17) is 13.6 Å². The fourth-order valence-electron chi connectivity index (χ4n) is 3.45. The van der Waals surface area contributed by atoms with Crippen LogP contribution in [0.25, 0.3) is 11.3 Å². The molecule has 0 saturated heterocycles. The summed E-state index contributed by atoms with van der Waals surface area (Å²) in [5.41, 5.74) is 3.80.